The van der Waals surface area contributed by atoms with Crippen LogP contribution in [-0.4, -0.2) is 28.6 Å². The first-order valence-corrected chi connectivity index (χ1v) is 5.05. The van der Waals surface area contributed by atoms with Crippen LogP contribution in [0.4, 0.5) is 0 Å². The van der Waals surface area contributed by atoms with Gasteiger partial charge in [-0.15, -0.1) is 0 Å². The van der Waals surface area contributed by atoms with E-state index in [9.17, 15) is 9.59 Å². The van der Waals surface area contributed by atoms with Crippen molar-refractivity contribution < 1.29 is 14.7 Å². The summed E-state index contributed by atoms with van der Waals surface area (Å²) < 4.78 is 0. The van der Waals surface area contributed by atoms with E-state index in [0.29, 0.717) is 6.42 Å². The summed E-state index contributed by atoms with van der Waals surface area (Å²) in [7, 11) is 0. The van der Waals surface area contributed by atoms with Crippen LogP contribution in [0.5, 0.6) is 0 Å². The van der Waals surface area contributed by atoms with E-state index in [4.69, 9.17) is 10.8 Å². The van der Waals surface area contributed by atoms with Gasteiger partial charge < -0.3 is 16.2 Å². The van der Waals surface area contributed by atoms with Gasteiger partial charge in [0.05, 0.1) is 6.04 Å². The van der Waals surface area contributed by atoms with Crippen molar-refractivity contribution >= 4 is 11.9 Å². The standard InChI is InChI=1S/C10H20N2O3/c1-5-10(4,9(14)15)12-8(13)7(11)6(2)3/h6-7H,5,11H2,1-4H3,(H,12,13)(H,14,15)/t7-,10?/m0/s1. The van der Waals surface area contributed by atoms with E-state index in [1.165, 1.54) is 6.92 Å². The zero-order chi connectivity index (χ0) is 12.2. The van der Waals surface area contributed by atoms with E-state index in [1.807, 2.05) is 13.8 Å². The fraction of sp³-hybridized carbons (Fsp3) is 0.800. The monoisotopic (exact) mass is 216 g/mol. The fourth-order valence-electron chi connectivity index (χ4n) is 0.951. The Morgan fingerprint density at radius 1 is 1.47 bits per heavy atom. The van der Waals surface area contributed by atoms with Gasteiger partial charge in [-0.25, -0.2) is 4.79 Å². The molecular weight excluding hydrogens is 196 g/mol. The van der Waals surface area contributed by atoms with Crippen LogP contribution in [0, 0.1) is 5.92 Å². The molecule has 0 saturated carbocycles. The Hall–Kier alpha value is -1.10. The second-order valence-corrected chi connectivity index (χ2v) is 4.25. The molecule has 0 radical (unpaired) electrons. The molecule has 0 heterocycles. The summed E-state index contributed by atoms with van der Waals surface area (Å²) in [6.45, 7) is 6.80. The van der Waals surface area contributed by atoms with Gasteiger partial charge in [0.15, 0.2) is 0 Å². The summed E-state index contributed by atoms with van der Waals surface area (Å²) in [6, 6.07) is -0.671. The smallest absolute Gasteiger partial charge is 0.329 e. The summed E-state index contributed by atoms with van der Waals surface area (Å²) >= 11 is 0. The number of hydrogen-bond donors (Lipinski definition) is 3. The fourth-order valence-corrected chi connectivity index (χ4v) is 0.951. The lowest BCUT2D eigenvalue weighted by atomic mass is 9.97. The van der Waals surface area contributed by atoms with Crippen LogP contribution in [0.25, 0.3) is 0 Å². The van der Waals surface area contributed by atoms with Crippen molar-refractivity contribution in [1.29, 1.82) is 0 Å². The summed E-state index contributed by atoms with van der Waals surface area (Å²) in [5, 5.41) is 11.4. The molecule has 0 aliphatic heterocycles. The molecule has 1 amide bonds. The van der Waals surface area contributed by atoms with Gasteiger partial charge >= 0.3 is 5.97 Å². The van der Waals surface area contributed by atoms with Gasteiger partial charge in [-0.1, -0.05) is 20.8 Å². The maximum absolute atomic E-state index is 11.6. The van der Waals surface area contributed by atoms with Crippen molar-refractivity contribution in [2.75, 3.05) is 0 Å². The van der Waals surface area contributed by atoms with E-state index in [2.05, 4.69) is 5.32 Å². The molecule has 0 aromatic carbocycles. The second-order valence-electron chi connectivity index (χ2n) is 4.25. The third-order valence-corrected chi connectivity index (χ3v) is 2.60. The molecular formula is C10H20N2O3. The Morgan fingerprint density at radius 2 is 1.93 bits per heavy atom. The number of carboxylic acids is 1. The molecule has 0 rings (SSSR count). The highest BCUT2D eigenvalue weighted by atomic mass is 16.4. The van der Waals surface area contributed by atoms with Gasteiger partial charge in [-0.3, -0.25) is 4.79 Å². The SMILES string of the molecule is CCC(C)(NC(=O)[C@@H](N)C(C)C)C(=O)O. The van der Waals surface area contributed by atoms with Crippen molar-refractivity contribution in [2.45, 2.75) is 45.7 Å². The number of carboxylic acid groups (broad SMARTS) is 1. The minimum atomic E-state index is -1.23. The Bertz CT molecular complexity index is 253. The highest BCUT2D eigenvalue weighted by Crippen LogP contribution is 2.10. The largest absolute Gasteiger partial charge is 0.480 e. The van der Waals surface area contributed by atoms with Gasteiger partial charge in [0.25, 0.3) is 0 Å². The molecule has 2 atom stereocenters. The Labute approximate surface area is 90.0 Å². The Morgan fingerprint density at radius 3 is 2.20 bits per heavy atom. The van der Waals surface area contributed by atoms with Crippen LogP contribution < -0.4 is 11.1 Å². The normalized spacial score (nSPS) is 16.9. The summed E-state index contributed by atoms with van der Waals surface area (Å²) in [5.74, 6) is -1.48. The molecule has 0 aromatic heterocycles. The first-order valence-electron chi connectivity index (χ1n) is 5.05. The van der Waals surface area contributed by atoms with Crippen molar-refractivity contribution in [3.8, 4) is 0 Å². The lowest BCUT2D eigenvalue weighted by Gasteiger charge is -2.27. The average Bonchev–Trinajstić information content (AvgIpc) is 2.15. The highest BCUT2D eigenvalue weighted by molar-refractivity contribution is 5.89. The maximum atomic E-state index is 11.6. The van der Waals surface area contributed by atoms with E-state index < -0.39 is 23.5 Å². The number of nitrogens with one attached hydrogen (secondary N) is 1. The van der Waals surface area contributed by atoms with Gasteiger partial charge in [0.2, 0.25) is 5.91 Å². The molecule has 88 valence electrons. The van der Waals surface area contributed by atoms with Crippen LogP contribution in [0.2, 0.25) is 0 Å². The zero-order valence-corrected chi connectivity index (χ0v) is 9.70. The van der Waals surface area contributed by atoms with Gasteiger partial charge in [0.1, 0.15) is 5.54 Å². The van der Waals surface area contributed by atoms with Crippen LogP contribution in [0.3, 0.4) is 0 Å². The first-order chi connectivity index (χ1) is 6.74. The predicted octanol–water partition coefficient (Wildman–Crippen LogP) is 0.339. The van der Waals surface area contributed by atoms with Crippen LogP contribution in [-0.2, 0) is 9.59 Å². The molecule has 1 unspecified atom stereocenters. The molecule has 5 heteroatoms. The quantitative estimate of drug-likeness (QED) is 0.618. The third kappa shape index (κ3) is 3.51. The van der Waals surface area contributed by atoms with E-state index in [1.54, 1.807) is 6.92 Å². The Kier molecular flexibility index (Phi) is 4.74. The van der Waals surface area contributed by atoms with E-state index in [0.717, 1.165) is 0 Å². The highest BCUT2D eigenvalue weighted by Gasteiger charge is 2.34. The van der Waals surface area contributed by atoms with Crippen molar-refractivity contribution in [2.24, 2.45) is 11.7 Å². The number of carbonyl (C=O) groups excluding carboxylic acids is 1. The van der Waals surface area contributed by atoms with Gasteiger partial charge in [0, 0.05) is 0 Å². The molecule has 4 N–H and O–H groups in total. The molecule has 0 spiro atoms. The van der Waals surface area contributed by atoms with Crippen LogP contribution >= 0.6 is 0 Å². The molecule has 0 aliphatic carbocycles. The number of nitrogens with two attached hydrogens (primary N) is 1. The van der Waals surface area contributed by atoms with Crippen molar-refractivity contribution in [3.63, 3.8) is 0 Å². The summed E-state index contributed by atoms with van der Waals surface area (Å²) in [6.07, 6.45) is 0.318. The number of hydrogen-bond acceptors (Lipinski definition) is 3. The molecule has 0 aliphatic rings. The number of amides is 1. The second kappa shape index (κ2) is 5.11. The van der Waals surface area contributed by atoms with E-state index in [-0.39, 0.29) is 5.92 Å². The van der Waals surface area contributed by atoms with Crippen molar-refractivity contribution in [3.05, 3.63) is 0 Å². The third-order valence-electron chi connectivity index (χ3n) is 2.60. The lowest BCUT2D eigenvalue weighted by molar-refractivity contribution is -0.147. The molecule has 0 fully saturated rings. The first kappa shape index (κ1) is 13.9. The van der Waals surface area contributed by atoms with Gasteiger partial charge in [-0.05, 0) is 19.3 Å². The van der Waals surface area contributed by atoms with E-state index >= 15 is 0 Å². The zero-order valence-electron chi connectivity index (χ0n) is 9.70. The molecule has 0 saturated heterocycles. The van der Waals surface area contributed by atoms with Crippen LogP contribution in [0.1, 0.15) is 34.1 Å². The Balaban J connectivity index is 4.57. The molecule has 5 nitrogen and oxygen atoms in total. The van der Waals surface area contributed by atoms with Crippen LogP contribution in [0.15, 0.2) is 0 Å². The number of aliphatic carboxylic acids is 1. The summed E-state index contributed by atoms with van der Waals surface area (Å²) in [5.41, 5.74) is 4.38. The average molecular weight is 216 g/mol. The van der Waals surface area contributed by atoms with Crippen molar-refractivity contribution in [1.82, 2.24) is 5.32 Å². The number of rotatable bonds is 5. The molecule has 0 bridgehead atoms. The molecule has 15 heavy (non-hydrogen) atoms. The number of carbonyl (C=O) groups is 2. The topological polar surface area (TPSA) is 92.4 Å². The summed E-state index contributed by atoms with van der Waals surface area (Å²) in [4.78, 5) is 22.5. The minimum Gasteiger partial charge on any atom is -0.480 e. The molecule has 0 aromatic rings. The minimum absolute atomic E-state index is 0.0140. The lowest BCUT2D eigenvalue weighted by Crippen LogP contribution is -2.57. The predicted molar refractivity (Wildman–Crippen MR) is 57.3 cm³/mol. The maximum Gasteiger partial charge on any atom is 0.329 e. The van der Waals surface area contributed by atoms with Gasteiger partial charge in [-0.2, -0.15) is 0 Å².